The quantitative estimate of drug-likeness (QED) is 0.528. The lowest BCUT2D eigenvalue weighted by Gasteiger charge is -2.11. The summed E-state index contributed by atoms with van der Waals surface area (Å²) in [6.07, 6.45) is 0. The van der Waals surface area contributed by atoms with Gasteiger partial charge in [-0.1, -0.05) is 0 Å². The molecular formula is C17H11F4NO3. The number of fused-ring (bicyclic) bond motifs is 1. The van der Waals surface area contributed by atoms with Gasteiger partial charge in [0.1, 0.15) is 5.69 Å². The first kappa shape index (κ1) is 16.8. The number of rotatable bonds is 3. The number of aromatic nitrogens is 1. The van der Waals surface area contributed by atoms with E-state index >= 15 is 0 Å². The zero-order valence-electron chi connectivity index (χ0n) is 13.1. The van der Waals surface area contributed by atoms with Crippen molar-refractivity contribution in [2.24, 2.45) is 0 Å². The third-order valence-corrected chi connectivity index (χ3v) is 3.72. The van der Waals surface area contributed by atoms with Crippen LogP contribution in [0.5, 0.6) is 5.75 Å². The highest BCUT2D eigenvalue weighted by atomic mass is 19.2. The van der Waals surface area contributed by atoms with Gasteiger partial charge in [0.25, 0.3) is 0 Å². The second-order valence-electron chi connectivity index (χ2n) is 5.09. The molecule has 0 saturated heterocycles. The van der Waals surface area contributed by atoms with Crippen molar-refractivity contribution >= 4 is 16.9 Å². The van der Waals surface area contributed by atoms with E-state index in [0.29, 0.717) is 0 Å². The molecule has 3 rings (SSSR count). The fourth-order valence-electron chi connectivity index (χ4n) is 2.60. The molecular weight excluding hydrogens is 342 g/mol. The monoisotopic (exact) mass is 353 g/mol. The van der Waals surface area contributed by atoms with Gasteiger partial charge in [-0.15, -0.1) is 0 Å². The van der Waals surface area contributed by atoms with E-state index in [9.17, 15) is 22.4 Å². The lowest BCUT2D eigenvalue weighted by Crippen LogP contribution is -2.09. The van der Waals surface area contributed by atoms with Crippen LogP contribution >= 0.6 is 0 Å². The van der Waals surface area contributed by atoms with Crippen molar-refractivity contribution in [3.05, 3.63) is 59.3 Å². The van der Waals surface area contributed by atoms with Crippen molar-refractivity contribution in [1.29, 1.82) is 0 Å². The summed E-state index contributed by atoms with van der Waals surface area (Å²) in [5, 5.41) is -0.136. The number of halogens is 4. The number of hydrogen-bond donors (Lipinski definition) is 0. The summed E-state index contributed by atoms with van der Waals surface area (Å²) in [4.78, 5) is 12.0. The summed E-state index contributed by atoms with van der Waals surface area (Å²) in [6, 6.07) is 4.88. The second kappa shape index (κ2) is 6.12. The Hall–Kier alpha value is -3.03. The standard InChI is InChI=1S/C17H11F4NO3/c1-24-16-12(20)7-13-9(15(16)21)6-14(17(23)25-2)22(13)8-3-4-10(18)11(19)5-8/h3-7H,1-2H3. The average molecular weight is 353 g/mol. The molecule has 0 fully saturated rings. The molecule has 130 valence electrons. The molecule has 4 nitrogen and oxygen atoms in total. The Balaban J connectivity index is 2.42. The van der Waals surface area contributed by atoms with E-state index < -0.39 is 35.0 Å². The SMILES string of the molecule is COC(=O)c1cc2c(F)c(OC)c(F)cc2n1-c1ccc(F)c(F)c1. The van der Waals surface area contributed by atoms with Gasteiger partial charge in [0.05, 0.1) is 19.7 Å². The van der Waals surface area contributed by atoms with Gasteiger partial charge in [0.15, 0.2) is 29.0 Å². The average Bonchev–Trinajstić information content (AvgIpc) is 2.96. The zero-order chi connectivity index (χ0) is 18.3. The van der Waals surface area contributed by atoms with Crippen LogP contribution in [0.3, 0.4) is 0 Å². The molecule has 0 unspecified atom stereocenters. The minimum absolute atomic E-state index is 0.00160. The van der Waals surface area contributed by atoms with Crippen LogP contribution < -0.4 is 4.74 Å². The number of hydrogen-bond acceptors (Lipinski definition) is 3. The number of ether oxygens (including phenoxy) is 2. The highest BCUT2D eigenvalue weighted by molar-refractivity contribution is 5.97. The second-order valence-corrected chi connectivity index (χ2v) is 5.09. The van der Waals surface area contributed by atoms with Crippen molar-refractivity contribution in [2.45, 2.75) is 0 Å². The van der Waals surface area contributed by atoms with E-state index in [-0.39, 0.29) is 22.3 Å². The highest BCUT2D eigenvalue weighted by Gasteiger charge is 2.24. The molecule has 0 aliphatic rings. The predicted octanol–water partition coefficient (Wildman–Crippen LogP) is 3.98. The Morgan fingerprint density at radius 1 is 0.960 bits per heavy atom. The van der Waals surface area contributed by atoms with Crippen molar-refractivity contribution in [2.75, 3.05) is 14.2 Å². The van der Waals surface area contributed by atoms with E-state index in [1.165, 1.54) is 6.07 Å². The minimum atomic E-state index is -1.18. The van der Waals surface area contributed by atoms with E-state index in [2.05, 4.69) is 9.47 Å². The molecule has 0 N–H and O–H groups in total. The van der Waals surface area contributed by atoms with Crippen LogP contribution in [-0.2, 0) is 4.74 Å². The first-order valence-electron chi connectivity index (χ1n) is 7.00. The van der Waals surface area contributed by atoms with Crippen LogP contribution in [0.4, 0.5) is 17.6 Å². The molecule has 25 heavy (non-hydrogen) atoms. The Bertz CT molecular complexity index is 997. The largest absolute Gasteiger partial charge is 0.491 e. The number of carbonyl (C=O) groups is 1. The Morgan fingerprint density at radius 3 is 2.28 bits per heavy atom. The van der Waals surface area contributed by atoms with Gasteiger partial charge in [-0.25, -0.2) is 22.4 Å². The fourth-order valence-corrected chi connectivity index (χ4v) is 2.60. The molecule has 0 spiro atoms. The van der Waals surface area contributed by atoms with Crippen molar-refractivity contribution in [3.63, 3.8) is 0 Å². The number of methoxy groups -OCH3 is 2. The third-order valence-electron chi connectivity index (χ3n) is 3.72. The molecule has 0 aliphatic carbocycles. The smallest absolute Gasteiger partial charge is 0.355 e. The Morgan fingerprint density at radius 2 is 1.68 bits per heavy atom. The summed E-state index contributed by atoms with van der Waals surface area (Å²) in [5.41, 5.74) is -0.254. The van der Waals surface area contributed by atoms with Crippen molar-refractivity contribution in [3.8, 4) is 11.4 Å². The molecule has 0 aliphatic heterocycles. The molecule has 0 amide bonds. The van der Waals surface area contributed by atoms with E-state index in [1.807, 2.05) is 0 Å². The summed E-state index contributed by atoms with van der Waals surface area (Å²) in [5.74, 6) is -5.79. The molecule has 1 heterocycles. The molecule has 0 bridgehead atoms. The molecule has 3 aromatic rings. The Kier molecular flexibility index (Phi) is 4.12. The summed E-state index contributed by atoms with van der Waals surface area (Å²) >= 11 is 0. The Labute approximate surface area is 139 Å². The number of nitrogens with zero attached hydrogens (tertiary/aromatic N) is 1. The van der Waals surface area contributed by atoms with Crippen molar-refractivity contribution < 1.29 is 31.8 Å². The van der Waals surface area contributed by atoms with Gasteiger partial charge in [-0.05, 0) is 18.2 Å². The number of esters is 1. The van der Waals surface area contributed by atoms with Gasteiger partial charge in [0, 0.05) is 23.2 Å². The van der Waals surface area contributed by atoms with Crippen LogP contribution in [0.15, 0.2) is 30.3 Å². The molecule has 8 heteroatoms. The maximum Gasteiger partial charge on any atom is 0.355 e. The van der Waals surface area contributed by atoms with Crippen molar-refractivity contribution in [1.82, 2.24) is 4.57 Å². The molecule has 0 atom stereocenters. The van der Waals surface area contributed by atoms with Crippen LogP contribution in [-0.4, -0.2) is 24.8 Å². The topological polar surface area (TPSA) is 40.5 Å². The van der Waals surface area contributed by atoms with E-state index in [1.54, 1.807) is 0 Å². The van der Waals surface area contributed by atoms with Crippen LogP contribution in [0, 0.1) is 23.3 Å². The number of benzene rings is 2. The van der Waals surface area contributed by atoms with Crippen LogP contribution in [0.2, 0.25) is 0 Å². The lowest BCUT2D eigenvalue weighted by atomic mass is 10.2. The highest BCUT2D eigenvalue weighted by Crippen LogP contribution is 2.34. The summed E-state index contributed by atoms with van der Waals surface area (Å²) in [6.45, 7) is 0. The van der Waals surface area contributed by atoms with Gasteiger partial charge in [0.2, 0.25) is 0 Å². The normalized spacial score (nSPS) is 11.0. The molecule has 1 aromatic heterocycles. The first-order valence-corrected chi connectivity index (χ1v) is 7.00. The lowest BCUT2D eigenvalue weighted by molar-refractivity contribution is 0.0592. The van der Waals surface area contributed by atoms with Crippen LogP contribution in [0.1, 0.15) is 10.5 Å². The molecule has 2 aromatic carbocycles. The van der Waals surface area contributed by atoms with Gasteiger partial charge in [-0.2, -0.15) is 0 Å². The van der Waals surface area contributed by atoms with Crippen LogP contribution in [0.25, 0.3) is 16.6 Å². The van der Waals surface area contributed by atoms with E-state index in [0.717, 1.165) is 43.1 Å². The third kappa shape index (κ3) is 2.59. The summed E-state index contributed by atoms with van der Waals surface area (Å²) < 4.78 is 65.7. The maximum absolute atomic E-state index is 14.5. The summed E-state index contributed by atoms with van der Waals surface area (Å²) in [7, 11) is 2.20. The number of carbonyl (C=O) groups excluding carboxylic acids is 1. The molecule has 0 saturated carbocycles. The molecule has 0 radical (unpaired) electrons. The first-order chi connectivity index (χ1) is 11.9. The van der Waals surface area contributed by atoms with Gasteiger partial charge in [-0.3, -0.25) is 0 Å². The minimum Gasteiger partial charge on any atom is -0.491 e. The van der Waals surface area contributed by atoms with Gasteiger partial charge < -0.3 is 14.0 Å². The van der Waals surface area contributed by atoms with E-state index in [4.69, 9.17) is 0 Å². The fraction of sp³-hybridized carbons (Fsp3) is 0.118. The van der Waals surface area contributed by atoms with Gasteiger partial charge >= 0.3 is 5.97 Å². The predicted molar refractivity (Wildman–Crippen MR) is 81.0 cm³/mol. The zero-order valence-corrected chi connectivity index (χ0v) is 13.1. The maximum atomic E-state index is 14.5.